The molecule has 2 heterocycles. The molecule has 0 fully saturated rings. The van der Waals surface area contributed by atoms with Crippen LogP contribution in [0.3, 0.4) is 0 Å². The maximum atomic E-state index is 12.7. The third-order valence-corrected chi connectivity index (χ3v) is 5.15. The molecule has 6 heteroatoms. The SMILES string of the molecule is O=c1/c(=C\c2ccccc2Br)sc2nnc(-c3ccccc3)n12. The largest absolute Gasteiger partial charge is 0.276 e. The Morgan fingerprint density at radius 1 is 1.00 bits per heavy atom. The Hall–Kier alpha value is -2.31. The molecule has 0 unspecified atom stereocenters. The molecule has 0 aliphatic rings. The van der Waals surface area contributed by atoms with E-state index in [1.807, 2.05) is 60.7 Å². The number of hydrogen-bond donors (Lipinski definition) is 0. The normalized spacial score (nSPS) is 12.1. The van der Waals surface area contributed by atoms with Gasteiger partial charge in [0.15, 0.2) is 5.82 Å². The summed E-state index contributed by atoms with van der Waals surface area (Å²) in [6.45, 7) is 0. The minimum absolute atomic E-state index is 0.0930. The number of nitrogens with zero attached hydrogens (tertiary/aromatic N) is 3. The standard InChI is InChI=1S/C17H10BrN3OS/c18-13-9-5-4-8-12(13)10-14-16(22)21-15(19-20-17(21)23-14)11-6-2-1-3-7-11/h1-10H/b14-10+. The molecule has 0 saturated carbocycles. The first kappa shape index (κ1) is 14.3. The lowest BCUT2D eigenvalue weighted by atomic mass is 10.2. The Kier molecular flexibility index (Phi) is 3.55. The van der Waals surface area contributed by atoms with Crippen molar-refractivity contribution in [1.82, 2.24) is 14.6 Å². The molecular weight excluding hydrogens is 374 g/mol. The Balaban J connectivity index is 1.96. The second kappa shape index (κ2) is 5.72. The molecule has 0 aliphatic heterocycles. The lowest BCUT2D eigenvalue weighted by Gasteiger charge is -1.95. The highest BCUT2D eigenvalue weighted by Gasteiger charge is 2.13. The molecule has 0 atom stereocenters. The fourth-order valence-electron chi connectivity index (χ4n) is 2.37. The number of thiazole rings is 1. The van der Waals surface area contributed by atoms with Crippen LogP contribution in [0, 0.1) is 0 Å². The van der Waals surface area contributed by atoms with Gasteiger partial charge in [0.25, 0.3) is 5.56 Å². The first-order valence-corrected chi connectivity index (χ1v) is 8.54. The van der Waals surface area contributed by atoms with Crippen LogP contribution in [0.4, 0.5) is 0 Å². The van der Waals surface area contributed by atoms with Crippen LogP contribution in [-0.4, -0.2) is 14.6 Å². The number of halogens is 1. The summed E-state index contributed by atoms with van der Waals surface area (Å²) in [5.41, 5.74) is 1.75. The van der Waals surface area contributed by atoms with Gasteiger partial charge in [0.1, 0.15) is 0 Å². The van der Waals surface area contributed by atoms with Gasteiger partial charge in [-0.3, -0.25) is 4.79 Å². The van der Waals surface area contributed by atoms with Gasteiger partial charge >= 0.3 is 0 Å². The molecule has 0 aliphatic carbocycles. The fraction of sp³-hybridized carbons (Fsp3) is 0. The molecule has 23 heavy (non-hydrogen) atoms. The van der Waals surface area contributed by atoms with Gasteiger partial charge in [0, 0.05) is 10.0 Å². The highest BCUT2D eigenvalue weighted by molar-refractivity contribution is 9.10. The van der Waals surface area contributed by atoms with Crippen LogP contribution >= 0.6 is 27.3 Å². The third kappa shape index (κ3) is 2.50. The van der Waals surface area contributed by atoms with Crippen molar-refractivity contribution in [2.24, 2.45) is 0 Å². The number of rotatable bonds is 2. The van der Waals surface area contributed by atoms with Crippen molar-refractivity contribution in [2.75, 3.05) is 0 Å². The van der Waals surface area contributed by atoms with Crippen molar-refractivity contribution in [3.8, 4) is 11.4 Å². The molecule has 0 bridgehead atoms. The quantitative estimate of drug-likeness (QED) is 0.534. The van der Waals surface area contributed by atoms with Gasteiger partial charge in [-0.15, -0.1) is 10.2 Å². The zero-order valence-electron chi connectivity index (χ0n) is 11.8. The summed E-state index contributed by atoms with van der Waals surface area (Å²) in [6, 6.07) is 17.4. The molecule has 4 nitrogen and oxygen atoms in total. The molecule has 4 rings (SSSR count). The van der Waals surface area contributed by atoms with E-state index in [-0.39, 0.29) is 5.56 Å². The Bertz CT molecular complexity index is 1100. The second-order valence-electron chi connectivity index (χ2n) is 4.94. The highest BCUT2D eigenvalue weighted by atomic mass is 79.9. The number of hydrogen-bond acceptors (Lipinski definition) is 4. The van der Waals surface area contributed by atoms with E-state index < -0.39 is 0 Å². The molecular formula is C17H10BrN3OS. The minimum atomic E-state index is -0.0930. The van der Waals surface area contributed by atoms with Gasteiger partial charge in [-0.25, -0.2) is 4.40 Å². The molecule has 4 aromatic rings. The Morgan fingerprint density at radius 2 is 1.74 bits per heavy atom. The predicted octanol–water partition coefficient (Wildman–Crippen LogP) is 3.13. The predicted molar refractivity (Wildman–Crippen MR) is 95.5 cm³/mol. The van der Waals surface area contributed by atoms with Crippen LogP contribution in [-0.2, 0) is 0 Å². The Labute approximate surface area is 143 Å². The van der Waals surface area contributed by atoms with Crippen LogP contribution in [0.2, 0.25) is 0 Å². The van der Waals surface area contributed by atoms with Gasteiger partial charge in [0.2, 0.25) is 4.96 Å². The Morgan fingerprint density at radius 3 is 2.52 bits per heavy atom. The number of benzene rings is 2. The molecule has 0 N–H and O–H groups in total. The van der Waals surface area contributed by atoms with Gasteiger partial charge < -0.3 is 0 Å². The van der Waals surface area contributed by atoms with E-state index in [0.717, 1.165) is 15.6 Å². The maximum absolute atomic E-state index is 12.7. The lowest BCUT2D eigenvalue weighted by Crippen LogP contribution is -2.23. The molecule has 0 amide bonds. The van der Waals surface area contributed by atoms with E-state index in [1.165, 1.54) is 11.3 Å². The van der Waals surface area contributed by atoms with E-state index in [4.69, 9.17) is 0 Å². The monoisotopic (exact) mass is 383 g/mol. The van der Waals surface area contributed by atoms with E-state index in [0.29, 0.717) is 15.3 Å². The van der Waals surface area contributed by atoms with Crippen molar-refractivity contribution in [2.45, 2.75) is 0 Å². The molecule has 0 radical (unpaired) electrons. The average molecular weight is 384 g/mol. The highest BCUT2D eigenvalue weighted by Crippen LogP contribution is 2.18. The average Bonchev–Trinajstić information content (AvgIpc) is 3.12. The van der Waals surface area contributed by atoms with Crippen molar-refractivity contribution in [3.63, 3.8) is 0 Å². The van der Waals surface area contributed by atoms with Crippen molar-refractivity contribution >= 4 is 38.3 Å². The first-order chi connectivity index (χ1) is 11.2. The van der Waals surface area contributed by atoms with Crippen LogP contribution in [0.15, 0.2) is 63.9 Å². The van der Waals surface area contributed by atoms with Crippen LogP contribution in [0.5, 0.6) is 0 Å². The molecule has 0 saturated heterocycles. The fourth-order valence-corrected chi connectivity index (χ4v) is 3.67. The summed E-state index contributed by atoms with van der Waals surface area (Å²) < 4.78 is 3.16. The second-order valence-corrected chi connectivity index (χ2v) is 6.81. The van der Waals surface area contributed by atoms with Crippen LogP contribution in [0.25, 0.3) is 22.4 Å². The summed E-state index contributed by atoms with van der Waals surface area (Å²) in [7, 11) is 0. The van der Waals surface area contributed by atoms with E-state index >= 15 is 0 Å². The summed E-state index contributed by atoms with van der Waals surface area (Å²) in [6.07, 6.45) is 1.88. The third-order valence-electron chi connectivity index (χ3n) is 3.47. The smallest absolute Gasteiger partial charge is 0.267 e. The van der Waals surface area contributed by atoms with E-state index in [2.05, 4.69) is 26.1 Å². The zero-order chi connectivity index (χ0) is 15.8. The van der Waals surface area contributed by atoms with Gasteiger partial charge in [-0.2, -0.15) is 0 Å². The number of aromatic nitrogens is 3. The van der Waals surface area contributed by atoms with Crippen LogP contribution in [0.1, 0.15) is 5.56 Å². The number of fused-ring (bicyclic) bond motifs is 1. The molecule has 112 valence electrons. The lowest BCUT2D eigenvalue weighted by molar-refractivity contribution is 1.09. The molecule has 2 aromatic carbocycles. The summed E-state index contributed by atoms with van der Waals surface area (Å²) >= 11 is 4.84. The van der Waals surface area contributed by atoms with Gasteiger partial charge in [-0.1, -0.05) is 75.8 Å². The van der Waals surface area contributed by atoms with Crippen molar-refractivity contribution in [3.05, 3.63) is 79.5 Å². The van der Waals surface area contributed by atoms with Crippen molar-refractivity contribution in [1.29, 1.82) is 0 Å². The minimum Gasteiger partial charge on any atom is -0.267 e. The summed E-state index contributed by atoms with van der Waals surface area (Å²) in [5.74, 6) is 0.577. The molecule has 2 aromatic heterocycles. The topological polar surface area (TPSA) is 47.3 Å². The van der Waals surface area contributed by atoms with E-state index in [1.54, 1.807) is 4.40 Å². The maximum Gasteiger partial charge on any atom is 0.276 e. The van der Waals surface area contributed by atoms with Crippen LogP contribution < -0.4 is 10.1 Å². The van der Waals surface area contributed by atoms with Gasteiger partial charge in [0.05, 0.1) is 4.53 Å². The van der Waals surface area contributed by atoms with E-state index in [9.17, 15) is 4.79 Å². The summed E-state index contributed by atoms with van der Waals surface area (Å²) in [4.78, 5) is 13.4. The summed E-state index contributed by atoms with van der Waals surface area (Å²) in [5, 5.41) is 8.29. The zero-order valence-corrected chi connectivity index (χ0v) is 14.2. The molecule has 0 spiro atoms. The van der Waals surface area contributed by atoms with Crippen molar-refractivity contribution < 1.29 is 0 Å². The van der Waals surface area contributed by atoms with Gasteiger partial charge in [-0.05, 0) is 17.7 Å². The first-order valence-electron chi connectivity index (χ1n) is 6.93.